The van der Waals surface area contributed by atoms with Crippen molar-refractivity contribution in [3.63, 3.8) is 0 Å². The molecule has 1 unspecified atom stereocenters. The first-order chi connectivity index (χ1) is 9.15. The van der Waals surface area contributed by atoms with Gasteiger partial charge in [0.05, 0.1) is 11.8 Å². The number of aromatic nitrogens is 1. The molecule has 19 heavy (non-hydrogen) atoms. The van der Waals surface area contributed by atoms with Crippen LogP contribution in [0.5, 0.6) is 5.88 Å². The Morgan fingerprint density at radius 2 is 2.32 bits per heavy atom. The molecule has 1 N–H and O–H groups in total. The van der Waals surface area contributed by atoms with Crippen LogP contribution in [0.25, 0.3) is 0 Å². The number of rotatable bonds is 4. The van der Waals surface area contributed by atoms with E-state index in [1.807, 2.05) is 13.0 Å². The summed E-state index contributed by atoms with van der Waals surface area (Å²) in [5.41, 5.74) is 3.02. The van der Waals surface area contributed by atoms with Crippen LogP contribution in [0.3, 0.4) is 0 Å². The van der Waals surface area contributed by atoms with Crippen LogP contribution >= 0.6 is 0 Å². The molecular formula is C16H19NO2. The maximum atomic E-state index is 10.0. The fourth-order valence-electron chi connectivity index (χ4n) is 2.34. The molecule has 0 fully saturated rings. The third kappa shape index (κ3) is 2.93. The molecular weight excluding hydrogens is 238 g/mol. The van der Waals surface area contributed by atoms with Gasteiger partial charge >= 0.3 is 0 Å². The zero-order valence-electron chi connectivity index (χ0n) is 11.2. The Kier molecular flexibility index (Phi) is 4.17. The fourth-order valence-corrected chi connectivity index (χ4v) is 2.34. The van der Waals surface area contributed by atoms with Gasteiger partial charge in [0.1, 0.15) is 5.76 Å². The molecule has 1 aliphatic carbocycles. The van der Waals surface area contributed by atoms with Gasteiger partial charge in [-0.1, -0.05) is 19.2 Å². The molecule has 0 bridgehead atoms. The number of nitrogens with zero attached hydrogens (tertiary/aromatic N) is 1. The number of hydrogen-bond donors (Lipinski definition) is 1. The van der Waals surface area contributed by atoms with E-state index in [-0.39, 0.29) is 0 Å². The van der Waals surface area contributed by atoms with Crippen molar-refractivity contribution in [3.8, 4) is 5.88 Å². The highest BCUT2D eigenvalue weighted by Crippen LogP contribution is 2.32. The summed E-state index contributed by atoms with van der Waals surface area (Å²) in [6.45, 7) is 9.33. The summed E-state index contributed by atoms with van der Waals surface area (Å²) in [5, 5.41) is 10.0. The van der Waals surface area contributed by atoms with Gasteiger partial charge in [0.2, 0.25) is 5.88 Å². The second kappa shape index (κ2) is 5.85. The van der Waals surface area contributed by atoms with Gasteiger partial charge in [-0.15, -0.1) is 0 Å². The summed E-state index contributed by atoms with van der Waals surface area (Å²) in [6, 6.07) is 1.90. The zero-order valence-corrected chi connectivity index (χ0v) is 11.2. The quantitative estimate of drug-likeness (QED) is 0.664. The van der Waals surface area contributed by atoms with Gasteiger partial charge in [-0.2, -0.15) is 0 Å². The number of aliphatic hydroxyl groups excluding tert-OH is 1. The third-order valence-corrected chi connectivity index (χ3v) is 3.28. The van der Waals surface area contributed by atoms with E-state index >= 15 is 0 Å². The monoisotopic (exact) mass is 257 g/mol. The number of allylic oxidation sites excluding steroid dienone is 3. The van der Waals surface area contributed by atoms with Crippen molar-refractivity contribution in [2.45, 2.75) is 32.3 Å². The summed E-state index contributed by atoms with van der Waals surface area (Å²) in [7, 11) is 0. The number of ether oxygens (including phenoxy) is 1. The first kappa shape index (κ1) is 13.6. The van der Waals surface area contributed by atoms with E-state index in [1.165, 1.54) is 0 Å². The van der Waals surface area contributed by atoms with E-state index in [1.54, 1.807) is 18.2 Å². The van der Waals surface area contributed by atoms with Crippen LogP contribution in [0.15, 0.2) is 43.2 Å². The van der Waals surface area contributed by atoms with E-state index in [2.05, 4.69) is 18.1 Å². The highest BCUT2D eigenvalue weighted by molar-refractivity contribution is 5.37. The van der Waals surface area contributed by atoms with Gasteiger partial charge < -0.3 is 9.84 Å². The van der Waals surface area contributed by atoms with Gasteiger partial charge in [-0.25, -0.2) is 4.98 Å². The van der Waals surface area contributed by atoms with E-state index in [4.69, 9.17) is 4.74 Å². The average molecular weight is 257 g/mol. The van der Waals surface area contributed by atoms with E-state index < -0.39 is 6.10 Å². The molecule has 0 saturated heterocycles. The molecule has 1 heterocycles. The molecule has 3 nitrogen and oxygen atoms in total. The molecule has 0 radical (unpaired) electrons. The largest absolute Gasteiger partial charge is 0.439 e. The van der Waals surface area contributed by atoms with Crippen molar-refractivity contribution in [1.29, 1.82) is 0 Å². The Labute approximate surface area is 113 Å². The molecule has 0 spiro atoms. The molecule has 0 amide bonds. The molecule has 0 aliphatic heterocycles. The normalized spacial score (nSPS) is 18.6. The third-order valence-electron chi connectivity index (χ3n) is 3.28. The predicted octanol–water partition coefficient (Wildman–Crippen LogP) is 3.39. The van der Waals surface area contributed by atoms with Crippen LogP contribution in [-0.2, 0) is 6.42 Å². The van der Waals surface area contributed by atoms with Crippen LogP contribution in [0.1, 0.15) is 35.8 Å². The fraction of sp³-hybridized carbons (Fsp3) is 0.312. The summed E-state index contributed by atoms with van der Waals surface area (Å²) in [4.78, 5) is 4.43. The lowest BCUT2D eigenvalue weighted by Gasteiger charge is -2.22. The minimum atomic E-state index is -0.485. The summed E-state index contributed by atoms with van der Waals surface area (Å²) >= 11 is 0. The summed E-state index contributed by atoms with van der Waals surface area (Å²) in [5.74, 6) is 1.08. The van der Waals surface area contributed by atoms with E-state index in [9.17, 15) is 5.11 Å². The number of fused-ring (bicyclic) bond motifs is 1. The topological polar surface area (TPSA) is 42.4 Å². The van der Waals surface area contributed by atoms with Crippen molar-refractivity contribution in [2.75, 3.05) is 0 Å². The number of pyridine rings is 1. The highest BCUT2D eigenvalue weighted by atomic mass is 16.5. The Morgan fingerprint density at radius 1 is 1.53 bits per heavy atom. The standard InChI is InChI=1S/C16H19NO2/c1-4-7-12(5-2)19-15-10-11(3)13-8-6-9-14(18)16(13)17-15/h4-5,7,10,14,18H,1-2,6,8-9H2,3H3/b12-7+. The van der Waals surface area contributed by atoms with Gasteiger partial charge in [0, 0.05) is 6.07 Å². The minimum absolute atomic E-state index is 0.485. The highest BCUT2D eigenvalue weighted by Gasteiger charge is 2.22. The molecule has 1 aliphatic rings. The van der Waals surface area contributed by atoms with E-state index in [0.717, 1.165) is 36.1 Å². The second-order valence-corrected chi connectivity index (χ2v) is 4.66. The number of aryl methyl sites for hydroxylation is 1. The molecule has 3 heteroatoms. The summed E-state index contributed by atoms with van der Waals surface area (Å²) in [6.07, 6.45) is 7.22. The van der Waals surface area contributed by atoms with Crippen molar-refractivity contribution >= 4 is 0 Å². The Balaban J connectivity index is 2.35. The van der Waals surface area contributed by atoms with Crippen LogP contribution in [0.2, 0.25) is 0 Å². The molecule has 2 rings (SSSR count). The smallest absolute Gasteiger partial charge is 0.219 e. The average Bonchev–Trinajstić information content (AvgIpc) is 2.39. The molecule has 1 aromatic rings. The second-order valence-electron chi connectivity index (χ2n) is 4.66. The van der Waals surface area contributed by atoms with Gasteiger partial charge in [-0.05, 0) is 49.5 Å². The van der Waals surface area contributed by atoms with Gasteiger partial charge in [0.25, 0.3) is 0 Å². The molecule has 0 saturated carbocycles. The van der Waals surface area contributed by atoms with Crippen LogP contribution in [0.4, 0.5) is 0 Å². The van der Waals surface area contributed by atoms with Gasteiger partial charge in [0.15, 0.2) is 0 Å². The Bertz CT molecular complexity index is 532. The first-order valence-electron chi connectivity index (χ1n) is 6.47. The lowest BCUT2D eigenvalue weighted by molar-refractivity contribution is 0.150. The van der Waals surface area contributed by atoms with Crippen LogP contribution in [-0.4, -0.2) is 10.1 Å². The Hall–Kier alpha value is -1.87. The lowest BCUT2D eigenvalue weighted by Crippen LogP contribution is -2.13. The minimum Gasteiger partial charge on any atom is -0.439 e. The SMILES string of the molecule is C=C/C=C(\C=C)Oc1cc(C)c2c(n1)C(O)CCC2. The molecule has 1 atom stereocenters. The first-order valence-corrected chi connectivity index (χ1v) is 6.47. The maximum Gasteiger partial charge on any atom is 0.219 e. The van der Waals surface area contributed by atoms with Gasteiger partial charge in [-0.3, -0.25) is 0 Å². The predicted molar refractivity (Wildman–Crippen MR) is 76.0 cm³/mol. The number of hydrogen-bond acceptors (Lipinski definition) is 3. The molecule has 1 aromatic heterocycles. The lowest BCUT2D eigenvalue weighted by atomic mass is 9.91. The maximum absolute atomic E-state index is 10.0. The zero-order chi connectivity index (χ0) is 13.8. The van der Waals surface area contributed by atoms with Crippen LogP contribution in [0, 0.1) is 6.92 Å². The van der Waals surface area contributed by atoms with E-state index in [0.29, 0.717) is 11.6 Å². The van der Waals surface area contributed by atoms with Crippen molar-refractivity contribution in [1.82, 2.24) is 4.98 Å². The summed E-state index contributed by atoms with van der Waals surface area (Å²) < 4.78 is 5.65. The number of aliphatic hydroxyl groups is 1. The van der Waals surface area contributed by atoms with Crippen LogP contribution < -0.4 is 4.74 Å². The molecule has 0 aromatic carbocycles. The van der Waals surface area contributed by atoms with Crippen molar-refractivity contribution < 1.29 is 9.84 Å². The van der Waals surface area contributed by atoms with Crippen molar-refractivity contribution in [3.05, 3.63) is 60.0 Å². The molecule has 100 valence electrons. The van der Waals surface area contributed by atoms with Crippen molar-refractivity contribution in [2.24, 2.45) is 0 Å². The Morgan fingerprint density at radius 3 is 3.00 bits per heavy atom.